The van der Waals surface area contributed by atoms with Crippen LogP contribution >= 0.6 is 0 Å². The molecule has 1 heterocycles. The normalized spacial score (nSPS) is 17.5. The molecule has 2 amide bonds. The van der Waals surface area contributed by atoms with E-state index in [0.717, 1.165) is 22.4 Å². The van der Waals surface area contributed by atoms with Crippen LogP contribution in [-0.4, -0.2) is 17.9 Å². The van der Waals surface area contributed by atoms with E-state index in [1.54, 1.807) is 0 Å². The van der Waals surface area contributed by atoms with Crippen molar-refractivity contribution in [2.24, 2.45) is 0 Å². The number of amides is 2. The number of benzene rings is 2. The second kappa shape index (κ2) is 6.11. The van der Waals surface area contributed by atoms with Gasteiger partial charge in [-0.05, 0) is 68.1 Å². The highest BCUT2D eigenvalue weighted by Gasteiger charge is 2.40. The molecule has 2 aromatic carbocycles. The Morgan fingerprint density at radius 3 is 2.33 bits per heavy atom. The molecule has 0 unspecified atom stereocenters. The zero-order valence-corrected chi connectivity index (χ0v) is 14.5. The number of rotatable bonds is 3. The standard InChI is InChI=1S/C20H22N2O2/c1-12-5-6-14(3)18(9-12)22-19(23)11-17(20(22)24)21-16-8-7-13(2)15(4)10-16/h5-10,17,21H,11H2,1-4H3/t17-/m0/s1. The van der Waals surface area contributed by atoms with E-state index in [1.165, 1.54) is 10.5 Å². The molecule has 4 heteroatoms. The third kappa shape index (κ3) is 2.92. The summed E-state index contributed by atoms with van der Waals surface area (Å²) in [6.07, 6.45) is 0.180. The molecule has 4 nitrogen and oxygen atoms in total. The monoisotopic (exact) mass is 322 g/mol. The Morgan fingerprint density at radius 2 is 1.62 bits per heavy atom. The van der Waals surface area contributed by atoms with E-state index >= 15 is 0 Å². The van der Waals surface area contributed by atoms with E-state index in [2.05, 4.69) is 5.32 Å². The van der Waals surface area contributed by atoms with Crippen molar-refractivity contribution in [3.8, 4) is 0 Å². The fraction of sp³-hybridized carbons (Fsp3) is 0.300. The van der Waals surface area contributed by atoms with E-state index in [-0.39, 0.29) is 18.2 Å². The van der Waals surface area contributed by atoms with Crippen LogP contribution in [-0.2, 0) is 9.59 Å². The van der Waals surface area contributed by atoms with E-state index in [9.17, 15) is 9.59 Å². The number of hydrogen-bond donors (Lipinski definition) is 1. The smallest absolute Gasteiger partial charge is 0.256 e. The Kier molecular flexibility index (Phi) is 4.14. The lowest BCUT2D eigenvalue weighted by molar-refractivity contribution is -0.121. The van der Waals surface area contributed by atoms with Crippen molar-refractivity contribution in [3.63, 3.8) is 0 Å². The van der Waals surface area contributed by atoms with Crippen LogP contribution in [0.4, 0.5) is 11.4 Å². The molecule has 1 aliphatic heterocycles. The van der Waals surface area contributed by atoms with Crippen LogP contribution in [0.25, 0.3) is 0 Å². The Hall–Kier alpha value is -2.62. The summed E-state index contributed by atoms with van der Waals surface area (Å²) < 4.78 is 0. The van der Waals surface area contributed by atoms with E-state index < -0.39 is 6.04 Å². The second-order valence-corrected chi connectivity index (χ2v) is 6.56. The maximum Gasteiger partial charge on any atom is 0.256 e. The molecule has 1 atom stereocenters. The quantitative estimate of drug-likeness (QED) is 0.877. The average Bonchev–Trinajstić information content (AvgIpc) is 2.80. The van der Waals surface area contributed by atoms with Gasteiger partial charge >= 0.3 is 0 Å². The van der Waals surface area contributed by atoms with Crippen molar-refractivity contribution in [2.75, 3.05) is 10.2 Å². The Labute approximate surface area is 142 Å². The molecule has 124 valence electrons. The first kappa shape index (κ1) is 16.2. The van der Waals surface area contributed by atoms with Gasteiger partial charge in [0.05, 0.1) is 12.1 Å². The third-order valence-electron chi connectivity index (χ3n) is 4.60. The van der Waals surface area contributed by atoms with Crippen LogP contribution in [0.15, 0.2) is 36.4 Å². The highest BCUT2D eigenvalue weighted by atomic mass is 16.2. The van der Waals surface area contributed by atoms with Gasteiger partial charge in [-0.2, -0.15) is 0 Å². The lowest BCUT2D eigenvalue weighted by Crippen LogP contribution is -2.35. The number of carbonyl (C=O) groups excluding carboxylic acids is 2. The first-order valence-electron chi connectivity index (χ1n) is 8.14. The maximum atomic E-state index is 12.8. The number of nitrogens with zero attached hydrogens (tertiary/aromatic N) is 1. The maximum absolute atomic E-state index is 12.8. The Bertz CT molecular complexity index is 826. The highest BCUT2D eigenvalue weighted by molar-refractivity contribution is 6.23. The summed E-state index contributed by atoms with van der Waals surface area (Å²) >= 11 is 0. The molecule has 1 aliphatic rings. The van der Waals surface area contributed by atoms with Crippen molar-refractivity contribution in [2.45, 2.75) is 40.2 Å². The van der Waals surface area contributed by atoms with Crippen molar-refractivity contribution >= 4 is 23.2 Å². The molecule has 0 aromatic heterocycles. The first-order valence-corrected chi connectivity index (χ1v) is 8.14. The minimum Gasteiger partial charge on any atom is -0.373 e. The summed E-state index contributed by atoms with van der Waals surface area (Å²) in [4.78, 5) is 26.5. The van der Waals surface area contributed by atoms with Crippen LogP contribution in [0.2, 0.25) is 0 Å². The van der Waals surface area contributed by atoms with Gasteiger partial charge in [0.15, 0.2) is 0 Å². The predicted octanol–water partition coefficient (Wildman–Crippen LogP) is 3.66. The van der Waals surface area contributed by atoms with Gasteiger partial charge in [0.25, 0.3) is 5.91 Å². The summed E-state index contributed by atoms with van der Waals surface area (Å²) in [7, 11) is 0. The summed E-state index contributed by atoms with van der Waals surface area (Å²) in [5.74, 6) is -0.345. The van der Waals surface area contributed by atoms with Crippen LogP contribution in [0.5, 0.6) is 0 Å². The molecule has 2 aromatic rings. The van der Waals surface area contributed by atoms with Crippen molar-refractivity contribution in [1.29, 1.82) is 0 Å². The zero-order valence-electron chi connectivity index (χ0n) is 14.5. The average molecular weight is 322 g/mol. The number of imide groups is 1. The van der Waals surface area contributed by atoms with Gasteiger partial charge in [-0.25, -0.2) is 4.90 Å². The van der Waals surface area contributed by atoms with Gasteiger partial charge in [-0.1, -0.05) is 18.2 Å². The molecule has 3 rings (SSSR count). The van der Waals surface area contributed by atoms with Crippen molar-refractivity contribution in [1.82, 2.24) is 0 Å². The number of anilines is 2. The minimum absolute atomic E-state index is 0.157. The number of nitrogens with one attached hydrogen (secondary N) is 1. The zero-order chi connectivity index (χ0) is 17.4. The van der Waals surface area contributed by atoms with E-state index in [1.807, 2.05) is 64.1 Å². The van der Waals surface area contributed by atoms with Crippen LogP contribution in [0, 0.1) is 27.7 Å². The molecular weight excluding hydrogens is 300 g/mol. The molecule has 1 fully saturated rings. The molecule has 0 spiro atoms. The fourth-order valence-electron chi connectivity index (χ4n) is 2.99. The molecule has 0 aliphatic carbocycles. The SMILES string of the molecule is Cc1ccc(C)c(N2C(=O)C[C@H](Nc3ccc(C)c(C)c3)C2=O)c1. The van der Waals surface area contributed by atoms with Crippen LogP contribution < -0.4 is 10.2 Å². The lowest BCUT2D eigenvalue weighted by atomic mass is 10.1. The van der Waals surface area contributed by atoms with Gasteiger partial charge in [-0.3, -0.25) is 9.59 Å². The molecule has 1 saturated heterocycles. The van der Waals surface area contributed by atoms with Gasteiger partial charge in [0, 0.05) is 5.69 Å². The summed E-state index contributed by atoms with van der Waals surface area (Å²) in [5, 5.41) is 3.21. The van der Waals surface area contributed by atoms with Gasteiger partial charge in [0.2, 0.25) is 5.91 Å². The van der Waals surface area contributed by atoms with Crippen LogP contribution in [0.3, 0.4) is 0 Å². The molecule has 0 saturated carbocycles. The first-order chi connectivity index (χ1) is 11.4. The summed E-state index contributed by atoms with van der Waals surface area (Å²) in [6.45, 7) is 7.95. The highest BCUT2D eigenvalue weighted by Crippen LogP contribution is 2.28. The van der Waals surface area contributed by atoms with Gasteiger partial charge < -0.3 is 5.32 Å². The number of aryl methyl sites for hydroxylation is 4. The van der Waals surface area contributed by atoms with Crippen molar-refractivity contribution in [3.05, 3.63) is 58.7 Å². The second-order valence-electron chi connectivity index (χ2n) is 6.56. The number of hydrogen-bond acceptors (Lipinski definition) is 3. The lowest BCUT2D eigenvalue weighted by Gasteiger charge is -2.19. The Balaban J connectivity index is 1.86. The molecule has 24 heavy (non-hydrogen) atoms. The Morgan fingerprint density at radius 1 is 0.917 bits per heavy atom. The van der Waals surface area contributed by atoms with Crippen molar-refractivity contribution < 1.29 is 9.59 Å². The summed E-state index contributed by atoms with van der Waals surface area (Å²) in [5.41, 5.74) is 5.87. The molecule has 1 N–H and O–H groups in total. The van der Waals surface area contributed by atoms with Gasteiger partial charge in [0.1, 0.15) is 6.04 Å². The molecule has 0 radical (unpaired) electrons. The van der Waals surface area contributed by atoms with Gasteiger partial charge in [-0.15, -0.1) is 0 Å². The molecular formula is C20H22N2O2. The van der Waals surface area contributed by atoms with E-state index in [4.69, 9.17) is 0 Å². The largest absolute Gasteiger partial charge is 0.373 e. The molecule has 0 bridgehead atoms. The van der Waals surface area contributed by atoms with E-state index in [0.29, 0.717) is 5.69 Å². The summed E-state index contributed by atoms with van der Waals surface area (Å²) in [6, 6.07) is 11.3. The fourth-order valence-corrected chi connectivity index (χ4v) is 2.99. The third-order valence-corrected chi connectivity index (χ3v) is 4.60. The topological polar surface area (TPSA) is 49.4 Å². The number of carbonyl (C=O) groups is 2. The predicted molar refractivity (Wildman–Crippen MR) is 96.4 cm³/mol. The minimum atomic E-state index is -0.514. The van der Waals surface area contributed by atoms with Crippen LogP contribution in [0.1, 0.15) is 28.7 Å².